The summed E-state index contributed by atoms with van der Waals surface area (Å²) in [6.07, 6.45) is 0. The van der Waals surface area contributed by atoms with Gasteiger partial charge in [0.25, 0.3) is 0 Å². The summed E-state index contributed by atoms with van der Waals surface area (Å²) in [4.78, 5) is 27.0. The molecule has 2 N–H and O–H groups in total. The van der Waals surface area contributed by atoms with Gasteiger partial charge in [0.15, 0.2) is 0 Å². The maximum Gasteiger partial charge on any atom is 0.525 e. The molecule has 7 nitrogen and oxygen atoms in total. The molecule has 0 radical (unpaired) electrons. The van der Waals surface area contributed by atoms with E-state index < -0.39 is 24.2 Å². The van der Waals surface area contributed by atoms with Crippen LogP contribution in [0, 0.1) is 10.1 Å². The third kappa shape index (κ3) is 3.57. The van der Waals surface area contributed by atoms with E-state index in [4.69, 9.17) is 9.79 Å². The predicted octanol–water partition coefficient (Wildman–Crippen LogP) is 1.96. The number of hydrogen-bond donors (Lipinski definition) is 2. The van der Waals surface area contributed by atoms with Gasteiger partial charge in [-0.3, -0.25) is 19.9 Å². The molecule has 0 aromatic heterocycles. The Morgan fingerprint density at radius 3 is 2.56 bits per heavy atom. The molecule has 0 aliphatic heterocycles. The molecule has 0 saturated heterocycles. The molecule has 0 unspecified atom stereocenters. The first-order valence-corrected chi connectivity index (χ1v) is 6.57. The molecule has 0 amide bonds. The van der Waals surface area contributed by atoms with Gasteiger partial charge in [0, 0.05) is 11.4 Å². The number of halogens is 1. The minimum Gasteiger partial charge on any atom is -0.397 e. The van der Waals surface area contributed by atoms with E-state index in [9.17, 15) is 14.7 Å². The Kier molecular flexibility index (Phi) is 4.03. The van der Waals surface area contributed by atoms with Gasteiger partial charge in [-0.15, -0.1) is 0 Å². The molecule has 0 heterocycles. The van der Waals surface area contributed by atoms with Gasteiger partial charge in [-0.2, -0.15) is 0 Å². The van der Waals surface area contributed by atoms with E-state index in [2.05, 4.69) is 20.5 Å². The summed E-state index contributed by atoms with van der Waals surface area (Å²) >= 11 is 3.11. The zero-order valence-electron chi connectivity index (χ0n) is 7.74. The average molecular weight is 312 g/mol. The maximum absolute atomic E-state index is 10.6. The second-order valence-electron chi connectivity index (χ2n) is 2.77. The van der Waals surface area contributed by atoms with Crippen LogP contribution in [0.1, 0.15) is 5.56 Å². The molecule has 0 spiro atoms. The third-order valence-corrected chi connectivity index (χ3v) is 2.67. The van der Waals surface area contributed by atoms with Crippen LogP contribution in [0.15, 0.2) is 18.2 Å². The smallest absolute Gasteiger partial charge is 0.397 e. The summed E-state index contributed by atoms with van der Waals surface area (Å²) in [5.41, 5.74) is 0.116. The fourth-order valence-electron chi connectivity index (χ4n) is 0.994. The van der Waals surface area contributed by atoms with Crippen LogP contribution in [0.25, 0.3) is 0 Å². The van der Waals surface area contributed by atoms with E-state index in [-0.39, 0.29) is 0 Å². The zero-order chi connectivity index (χ0) is 12.3. The summed E-state index contributed by atoms with van der Waals surface area (Å²) in [6.45, 7) is 0. The lowest BCUT2D eigenvalue weighted by Crippen LogP contribution is -1.97. The van der Waals surface area contributed by atoms with Crippen molar-refractivity contribution in [2.45, 2.75) is 5.33 Å². The minimum absolute atomic E-state index is 0.393. The Morgan fingerprint density at radius 2 is 2.12 bits per heavy atom. The molecule has 0 fully saturated rings. The summed E-state index contributed by atoms with van der Waals surface area (Å²) in [5, 5.41) is 11.0. The van der Waals surface area contributed by atoms with Gasteiger partial charge in [0.2, 0.25) is 5.75 Å². The highest BCUT2D eigenvalue weighted by atomic mass is 79.9. The quantitative estimate of drug-likeness (QED) is 0.380. The first-order chi connectivity index (χ1) is 7.33. The van der Waals surface area contributed by atoms with Crippen molar-refractivity contribution < 1.29 is 23.8 Å². The molecular weight excluding hydrogens is 305 g/mol. The highest BCUT2D eigenvalue weighted by Crippen LogP contribution is 2.42. The van der Waals surface area contributed by atoms with Crippen LogP contribution in [0.3, 0.4) is 0 Å². The molecule has 16 heavy (non-hydrogen) atoms. The number of nitrogens with zero attached hydrogens (tertiary/aromatic N) is 1. The standard InChI is InChI=1S/C7H7BrNO6P/c8-4-5-1-2-7(15-16(12,13)14)6(3-5)9(10)11/h1-3H,4H2,(H2,12,13,14). The molecule has 0 bridgehead atoms. The lowest BCUT2D eigenvalue weighted by Gasteiger charge is -2.07. The van der Waals surface area contributed by atoms with Gasteiger partial charge >= 0.3 is 13.5 Å². The van der Waals surface area contributed by atoms with E-state index in [0.717, 1.165) is 6.07 Å². The normalized spacial score (nSPS) is 11.2. The lowest BCUT2D eigenvalue weighted by molar-refractivity contribution is -0.385. The summed E-state index contributed by atoms with van der Waals surface area (Å²) in [7, 11) is -4.79. The lowest BCUT2D eigenvalue weighted by atomic mass is 10.2. The monoisotopic (exact) mass is 311 g/mol. The van der Waals surface area contributed by atoms with Crippen LogP contribution in [0.2, 0.25) is 0 Å². The molecular formula is C7H7BrNO6P. The van der Waals surface area contributed by atoms with Crippen LogP contribution in [-0.4, -0.2) is 14.7 Å². The molecule has 9 heteroatoms. The number of nitro groups is 1. The van der Waals surface area contributed by atoms with Crippen molar-refractivity contribution in [3.63, 3.8) is 0 Å². The molecule has 1 aromatic rings. The maximum atomic E-state index is 10.6. The van der Waals surface area contributed by atoms with Crippen molar-refractivity contribution in [1.29, 1.82) is 0 Å². The number of hydrogen-bond acceptors (Lipinski definition) is 4. The number of rotatable bonds is 4. The highest BCUT2D eigenvalue weighted by Gasteiger charge is 2.23. The Morgan fingerprint density at radius 1 is 1.50 bits per heavy atom. The molecule has 88 valence electrons. The largest absolute Gasteiger partial charge is 0.525 e. The molecule has 0 aliphatic carbocycles. The second-order valence-corrected chi connectivity index (χ2v) is 4.50. The molecule has 0 atom stereocenters. The number of phosphoric acid groups is 1. The number of phosphoric ester groups is 1. The molecule has 1 rings (SSSR count). The van der Waals surface area contributed by atoms with Crippen LogP contribution in [0.5, 0.6) is 5.75 Å². The summed E-state index contributed by atoms with van der Waals surface area (Å²) in [5.74, 6) is -0.456. The van der Waals surface area contributed by atoms with Gasteiger partial charge in [-0.25, -0.2) is 4.57 Å². The Balaban J connectivity index is 3.18. The highest BCUT2D eigenvalue weighted by molar-refractivity contribution is 9.08. The van der Waals surface area contributed by atoms with E-state index in [1.165, 1.54) is 12.1 Å². The van der Waals surface area contributed by atoms with E-state index in [1.54, 1.807) is 0 Å². The van der Waals surface area contributed by atoms with Crippen molar-refractivity contribution in [3.8, 4) is 5.75 Å². The van der Waals surface area contributed by atoms with Crippen LogP contribution in [0.4, 0.5) is 5.69 Å². The Bertz CT molecular complexity index is 458. The number of nitro benzene ring substituents is 1. The van der Waals surface area contributed by atoms with Crippen molar-refractivity contribution in [1.82, 2.24) is 0 Å². The van der Waals surface area contributed by atoms with Gasteiger partial charge in [-0.1, -0.05) is 22.0 Å². The average Bonchev–Trinajstić information content (AvgIpc) is 2.15. The van der Waals surface area contributed by atoms with Gasteiger partial charge in [-0.05, 0) is 11.6 Å². The van der Waals surface area contributed by atoms with Crippen LogP contribution in [-0.2, 0) is 9.90 Å². The SMILES string of the molecule is O=[N+]([O-])c1cc(CBr)ccc1OP(=O)(O)O. The fourth-order valence-corrected chi connectivity index (χ4v) is 1.75. The van der Waals surface area contributed by atoms with Crippen molar-refractivity contribution in [2.24, 2.45) is 0 Å². The topological polar surface area (TPSA) is 110 Å². The minimum atomic E-state index is -4.79. The summed E-state index contributed by atoms with van der Waals surface area (Å²) in [6, 6.07) is 3.79. The van der Waals surface area contributed by atoms with Crippen LogP contribution >= 0.6 is 23.8 Å². The van der Waals surface area contributed by atoms with Crippen molar-refractivity contribution in [3.05, 3.63) is 33.9 Å². The zero-order valence-corrected chi connectivity index (χ0v) is 10.2. The van der Waals surface area contributed by atoms with Crippen LogP contribution < -0.4 is 4.52 Å². The third-order valence-electron chi connectivity index (χ3n) is 1.59. The fraction of sp³-hybridized carbons (Fsp3) is 0.143. The second kappa shape index (κ2) is 4.92. The van der Waals surface area contributed by atoms with E-state index >= 15 is 0 Å². The molecule has 1 aromatic carbocycles. The summed E-state index contributed by atoms with van der Waals surface area (Å²) < 4.78 is 14.8. The molecule has 0 saturated carbocycles. The van der Waals surface area contributed by atoms with Gasteiger partial charge < -0.3 is 4.52 Å². The number of benzene rings is 1. The van der Waals surface area contributed by atoms with Crippen molar-refractivity contribution in [2.75, 3.05) is 0 Å². The van der Waals surface area contributed by atoms with E-state index in [1.807, 2.05) is 0 Å². The first-order valence-electron chi connectivity index (χ1n) is 3.92. The first kappa shape index (κ1) is 13.1. The molecule has 0 aliphatic rings. The van der Waals surface area contributed by atoms with E-state index in [0.29, 0.717) is 10.9 Å². The van der Waals surface area contributed by atoms with Gasteiger partial charge in [0.1, 0.15) is 0 Å². The van der Waals surface area contributed by atoms with Crippen molar-refractivity contribution >= 4 is 29.4 Å². The Hall–Kier alpha value is -0.950. The van der Waals surface area contributed by atoms with Gasteiger partial charge in [0.05, 0.1) is 4.92 Å². The number of alkyl halides is 1. The predicted molar refractivity (Wildman–Crippen MR) is 58.4 cm³/mol. The Labute approximate surface area is 98.6 Å².